The first-order valence-electron chi connectivity index (χ1n) is 6.22. The molecule has 0 aromatic heterocycles. The minimum Gasteiger partial charge on any atom is -0.465 e. The van der Waals surface area contributed by atoms with Crippen LogP contribution in [0, 0.1) is 0 Å². The summed E-state index contributed by atoms with van der Waals surface area (Å²) in [5.74, 6) is 0.172. The van der Waals surface area contributed by atoms with Crippen LogP contribution < -0.4 is 0 Å². The third-order valence-electron chi connectivity index (χ3n) is 3.34. The summed E-state index contributed by atoms with van der Waals surface area (Å²) in [5.41, 5.74) is 0.956. The van der Waals surface area contributed by atoms with Crippen LogP contribution in [0.1, 0.15) is 31.2 Å². The van der Waals surface area contributed by atoms with Crippen molar-refractivity contribution in [1.29, 1.82) is 0 Å². The third-order valence-corrected chi connectivity index (χ3v) is 3.34. The smallest absolute Gasteiger partial charge is 0.407 e. The molecule has 1 fully saturated rings. The Kier molecular flexibility index (Phi) is 3.97. The molecule has 0 spiro atoms. The number of amides is 1. The van der Waals surface area contributed by atoms with Crippen molar-refractivity contribution in [3.63, 3.8) is 0 Å². The van der Waals surface area contributed by atoms with Gasteiger partial charge in [0.25, 0.3) is 0 Å². The molecule has 4 nitrogen and oxygen atoms in total. The Morgan fingerprint density at radius 2 is 2.06 bits per heavy atom. The molecule has 1 aromatic carbocycles. The van der Waals surface area contributed by atoms with Gasteiger partial charge in [0.2, 0.25) is 0 Å². The molecule has 0 aliphatic heterocycles. The van der Waals surface area contributed by atoms with E-state index in [1.807, 2.05) is 30.3 Å². The summed E-state index contributed by atoms with van der Waals surface area (Å²) in [6.07, 6.45) is 1.58. The quantitative estimate of drug-likeness (QED) is 0.893. The van der Waals surface area contributed by atoms with Crippen molar-refractivity contribution in [3.8, 4) is 0 Å². The van der Waals surface area contributed by atoms with Crippen LogP contribution in [-0.4, -0.2) is 27.9 Å². The summed E-state index contributed by atoms with van der Waals surface area (Å²) in [4.78, 5) is 24.2. The van der Waals surface area contributed by atoms with Crippen LogP contribution in [0.15, 0.2) is 30.3 Å². The zero-order valence-corrected chi connectivity index (χ0v) is 10.2. The average molecular weight is 247 g/mol. The van der Waals surface area contributed by atoms with Crippen LogP contribution in [0.4, 0.5) is 4.79 Å². The number of carbonyl (C=O) groups excluding carboxylic acids is 1. The van der Waals surface area contributed by atoms with E-state index in [9.17, 15) is 14.7 Å². The van der Waals surface area contributed by atoms with Crippen molar-refractivity contribution in [2.24, 2.45) is 0 Å². The van der Waals surface area contributed by atoms with Crippen molar-refractivity contribution in [1.82, 2.24) is 4.90 Å². The fraction of sp³-hybridized carbons (Fsp3) is 0.429. The fourth-order valence-electron chi connectivity index (χ4n) is 2.40. The maximum absolute atomic E-state index is 11.4. The van der Waals surface area contributed by atoms with Crippen LogP contribution in [0.3, 0.4) is 0 Å². The molecule has 0 bridgehead atoms. The van der Waals surface area contributed by atoms with Crippen molar-refractivity contribution in [2.75, 3.05) is 0 Å². The van der Waals surface area contributed by atoms with E-state index in [1.54, 1.807) is 0 Å². The molecular weight excluding hydrogens is 230 g/mol. The summed E-state index contributed by atoms with van der Waals surface area (Å²) in [7, 11) is 0. The van der Waals surface area contributed by atoms with Crippen molar-refractivity contribution < 1.29 is 14.7 Å². The Morgan fingerprint density at radius 1 is 1.33 bits per heavy atom. The molecule has 1 saturated carbocycles. The number of carbonyl (C=O) groups is 2. The molecule has 0 unspecified atom stereocenters. The van der Waals surface area contributed by atoms with E-state index < -0.39 is 6.09 Å². The number of hydrogen-bond acceptors (Lipinski definition) is 2. The van der Waals surface area contributed by atoms with Gasteiger partial charge in [-0.15, -0.1) is 0 Å². The molecule has 96 valence electrons. The van der Waals surface area contributed by atoms with Gasteiger partial charge in [-0.2, -0.15) is 0 Å². The highest BCUT2D eigenvalue weighted by atomic mass is 16.4. The maximum Gasteiger partial charge on any atom is 0.407 e. The molecule has 2 rings (SSSR count). The van der Waals surface area contributed by atoms with E-state index in [2.05, 4.69) is 0 Å². The second-order valence-corrected chi connectivity index (χ2v) is 4.68. The number of rotatable bonds is 3. The van der Waals surface area contributed by atoms with Crippen molar-refractivity contribution >= 4 is 11.9 Å². The van der Waals surface area contributed by atoms with E-state index in [4.69, 9.17) is 0 Å². The Bertz CT molecular complexity index is 430. The molecule has 18 heavy (non-hydrogen) atoms. The Morgan fingerprint density at radius 3 is 2.67 bits per heavy atom. The molecule has 1 aromatic rings. The number of hydrogen-bond donors (Lipinski definition) is 1. The first-order valence-corrected chi connectivity index (χ1v) is 6.22. The average Bonchev–Trinajstić information content (AvgIpc) is 2.37. The topological polar surface area (TPSA) is 57.6 Å². The lowest BCUT2D eigenvalue weighted by atomic mass is 9.93. The largest absolute Gasteiger partial charge is 0.465 e. The Labute approximate surface area is 106 Å². The molecule has 1 aliphatic carbocycles. The lowest BCUT2D eigenvalue weighted by Gasteiger charge is -2.31. The maximum atomic E-state index is 11.4. The predicted molar refractivity (Wildman–Crippen MR) is 67.3 cm³/mol. The van der Waals surface area contributed by atoms with E-state index in [-0.39, 0.29) is 11.8 Å². The normalized spacial score (nSPS) is 19.6. The van der Waals surface area contributed by atoms with E-state index >= 15 is 0 Å². The second kappa shape index (κ2) is 5.67. The summed E-state index contributed by atoms with van der Waals surface area (Å²) in [6, 6.07) is 9.33. The molecule has 1 N–H and O–H groups in total. The van der Waals surface area contributed by atoms with Gasteiger partial charge in [-0.25, -0.2) is 4.79 Å². The van der Waals surface area contributed by atoms with Crippen LogP contribution in [-0.2, 0) is 11.3 Å². The van der Waals surface area contributed by atoms with Gasteiger partial charge in [0, 0.05) is 25.4 Å². The lowest BCUT2D eigenvalue weighted by Crippen LogP contribution is -2.41. The van der Waals surface area contributed by atoms with Gasteiger partial charge in [-0.3, -0.25) is 4.79 Å². The van der Waals surface area contributed by atoms with E-state index in [1.165, 1.54) is 4.90 Å². The monoisotopic (exact) mass is 247 g/mol. The number of ketones is 1. The molecule has 0 saturated heterocycles. The molecule has 0 heterocycles. The van der Waals surface area contributed by atoms with Crippen LogP contribution in [0.5, 0.6) is 0 Å². The van der Waals surface area contributed by atoms with Crippen LogP contribution in [0.2, 0.25) is 0 Å². The van der Waals surface area contributed by atoms with Gasteiger partial charge in [0.1, 0.15) is 5.78 Å². The number of carboxylic acid groups (broad SMARTS) is 1. The highest BCUT2D eigenvalue weighted by Gasteiger charge is 2.28. The molecular formula is C14H17NO3. The SMILES string of the molecule is O=C1CCC[C@H](N(Cc2ccccc2)C(=O)O)C1. The zero-order valence-electron chi connectivity index (χ0n) is 10.2. The predicted octanol–water partition coefficient (Wildman–Crippen LogP) is 2.68. The number of Topliss-reactive ketones (excluding diaryl/α,β-unsaturated/α-hetero) is 1. The lowest BCUT2D eigenvalue weighted by molar-refractivity contribution is -0.121. The van der Waals surface area contributed by atoms with E-state index in [0.29, 0.717) is 19.4 Å². The molecule has 0 radical (unpaired) electrons. The number of nitrogens with zero attached hydrogens (tertiary/aromatic N) is 1. The van der Waals surface area contributed by atoms with E-state index in [0.717, 1.165) is 18.4 Å². The summed E-state index contributed by atoms with van der Waals surface area (Å²) in [6.45, 7) is 0.355. The fourth-order valence-corrected chi connectivity index (χ4v) is 2.40. The van der Waals surface area contributed by atoms with Crippen molar-refractivity contribution in [3.05, 3.63) is 35.9 Å². The first kappa shape index (κ1) is 12.6. The summed E-state index contributed by atoms with van der Waals surface area (Å²) in [5, 5.41) is 9.29. The molecule has 4 heteroatoms. The minimum atomic E-state index is -0.946. The standard InChI is InChI=1S/C14H17NO3/c16-13-8-4-7-12(9-13)15(14(17)18)10-11-5-2-1-3-6-11/h1-3,5-6,12H,4,7-10H2,(H,17,18)/t12-/m0/s1. The van der Waals surface area contributed by atoms with Gasteiger partial charge in [0.05, 0.1) is 0 Å². The third kappa shape index (κ3) is 3.09. The molecule has 1 amide bonds. The highest BCUT2D eigenvalue weighted by molar-refractivity contribution is 5.80. The van der Waals surface area contributed by atoms with Gasteiger partial charge in [-0.1, -0.05) is 30.3 Å². The van der Waals surface area contributed by atoms with Gasteiger partial charge in [-0.05, 0) is 18.4 Å². The second-order valence-electron chi connectivity index (χ2n) is 4.68. The summed E-state index contributed by atoms with van der Waals surface area (Å²) < 4.78 is 0. The minimum absolute atomic E-state index is 0.163. The first-order chi connectivity index (χ1) is 8.66. The zero-order chi connectivity index (χ0) is 13.0. The van der Waals surface area contributed by atoms with Gasteiger partial charge in [0.15, 0.2) is 0 Å². The van der Waals surface area contributed by atoms with Crippen molar-refractivity contribution in [2.45, 2.75) is 38.3 Å². The summed E-state index contributed by atoms with van der Waals surface area (Å²) >= 11 is 0. The van der Waals surface area contributed by atoms with Gasteiger partial charge < -0.3 is 10.0 Å². The Balaban J connectivity index is 2.08. The molecule has 1 atom stereocenters. The molecule has 1 aliphatic rings. The Hall–Kier alpha value is -1.84. The highest BCUT2D eigenvalue weighted by Crippen LogP contribution is 2.22. The van der Waals surface area contributed by atoms with Crippen LogP contribution >= 0.6 is 0 Å². The number of benzene rings is 1. The van der Waals surface area contributed by atoms with Crippen LogP contribution in [0.25, 0.3) is 0 Å². The van der Waals surface area contributed by atoms with Gasteiger partial charge >= 0.3 is 6.09 Å².